The topological polar surface area (TPSA) is 98.3 Å². The molecular formula is C21H23N5O3. The van der Waals surface area contributed by atoms with E-state index in [1.165, 1.54) is 6.20 Å². The third-order valence-corrected chi connectivity index (χ3v) is 4.21. The smallest absolute Gasteiger partial charge is 0.285 e. The van der Waals surface area contributed by atoms with Crippen molar-refractivity contribution >= 4 is 5.91 Å². The number of aromatic nitrogens is 3. The number of aryl methyl sites for hydroxylation is 1. The molecule has 0 aliphatic rings. The van der Waals surface area contributed by atoms with Crippen molar-refractivity contribution in [2.24, 2.45) is 0 Å². The highest BCUT2D eigenvalue weighted by Crippen LogP contribution is 2.20. The third kappa shape index (κ3) is 5.26. The fourth-order valence-electron chi connectivity index (χ4n) is 2.63. The van der Waals surface area contributed by atoms with E-state index in [2.05, 4.69) is 25.8 Å². The Morgan fingerprint density at radius 3 is 2.62 bits per heavy atom. The van der Waals surface area contributed by atoms with Crippen molar-refractivity contribution in [2.75, 3.05) is 13.7 Å². The molecule has 0 unspecified atom stereocenters. The Morgan fingerprint density at radius 2 is 1.90 bits per heavy atom. The molecule has 1 amide bonds. The van der Waals surface area contributed by atoms with Gasteiger partial charge in [0.05, 0.1) is 38.0 Å². The van der Waals surface area contributed by atoms with E-state index in [1.54, 1.807) is 19.5 Å². The van der Waals surface area contributed by atoms with E-state index in [1.807, 2.05) is 44.2 Å². The summed E-state index contributed by atoms with van der Waals surface area (Å²) in [4.78, 5) is 25.2. The number of hydrazine groups is 1. The van der Waals surface area contributed by atoms with Crippen LogP contribution in [0.4, 0.5) is 0 Å². The van der Waals surface area contributed by atoms with Gasteiger partial charge in [-0.15, -0.1) is 0 Å². The predicted molar refractivity (Wildman–Crippen MR) is 108 cm³/mol. The molecule has 0 aliphatic carbocycles. The largest absolute Gasteiger partial charge is 0.495 e. The van der Waals surface area contributed by atoms with Gasteiger partial charge in [-0.25, -0.2) is 10.4 Å². The van der Waals surface area contributed by atoms with Crippen molar-refractivity contribution in [1.82, 2.24) is 25.8 Å². The Hall–Kier alpha value is -3.52. The van der Waals surface area contributed by atoms with E-state index in [0.29, 0.717) is 24.6 Å². The highest BCUT2D eigenvalue weighted by atomic mass is 16.5. The van der Waals surface area contributed by atoms with Gasteiger partial charge in [-0.2, -0.15) is 0 Å². The van der Waals surface area contributed by atoms with Crippen LogP contribution in [0.2, 0.25) is 0 Å². The van der Waals surface area contributed by atoms with Gasteiger partial charge in [0.25, 0.3) is 5.91 Å². The Morgan fingerprint density at radius 1 is 1.10 bits per heavy atom. The minimum atomic E-state index is -0.376. The summed E-state index contributed by atoms with van der Waals surface area (Å²) in [7, 11) is 1.58. The summed E-state index contributed by atoms with van der Waals surface area (Å²) < 4.78 is 10.6. The molecule has 2 heterocycles. The van der Waals surface area contributed by atoms with Gasteiger partial charge >= 0.3 is 0 Å². The van der Waals surface area contributed by atoms with Gasteiger partial charge in [-0.05, 0) is 49.7 Å². The summed E-state index contributed by atoms with van der Waals surface area (Å²) in [6, 6.07) is 9.35. The van der Waals surface area contributed by atoms with Crippen LogP contribution >= 0.6 is 0 Å². The quantitative estimate of drug-likeness (QED) is 0.568. The van der Waals surface area contributed by atoms with Crippen LogP contribution in [0.25, 0.3) is 11.3 Å². The lowest BCUT2D eigenvalue weighted by molar-refractivity contribution is 0.0927. The molecule has 8 nitrogen and oxygen atoms in total. The SMILES string of the molecule is CCOc1ccc(-c2cncc(C(=O)NNCc3cc(OC)cnc3C)n2)cc1. The second kappa shape index (κ2) is 9.61. The minimum Gasteiger partial charge on any atom is -0.495 e. The monoisotopic (exact) mass is 393 g/mol. The van der Waals surface area contributed by atoms with Crippen LogP contribution in [-0.4, -0.2) is 34.6 Å². The molecule has 8 heteroatoms. The summed E-state index contributed by atoms with van der Waals surface area (Å²) in [6.45, 7) is 4.83. The number of carbonyl (C=O) groups is 1. The number of ether oxygens (including phenoxy) is 2. The predicted octanol–water partition coefficient (Wildman–Crippen LogP) is 2.69. The maximum Gasteiger partial charge on any atom is 0.285 e. The Labute approximate surface area is 169 Å². The van der Waals surface area contributed by atoms with Crippen LogP contribution in [-0.2, 0) is 6.54 Å². The fraction of sp³-hybridized carbons (Fsp3) is 0.238. The zero-order chi connectivity index (χ0) is 20.6. The molecule has 0 aliphatic heterocycles. The first-order valence-electron chi connectivity index (χ1n) is 9.18. The molecule has 2 N–H and O–H groups in total. The zero-order valence-electron chi connectivity index (χ0n) is 16.6. The first kappa shape index (κ1) is 20.2. The van der Waals surface area contributed by atoms with Crippen molar-refractivity contribution in [3.63, 3.8) is 0 Å². The number of methoxy groups -OCH3 is 1. The van der Waals surface area contributed by atoms with Crippen LogP contribution in [0.3, 0.4) is 0 Å². The standard InChI is InChI=1S/C21H23N5O3/c1-4-29-17-7-5-15(6-8-17)19-12-22-13-20(25-19)21(27)26-24-10-16-9-18(28-3)11-23-14(16)2/h5-9,11-13,24H,4,10H2,1-3H3,(H,26,27). The highest BCUT2D eigenvalue weighted by molar-refractivity contribution is 5.92. The summed E-state index contributed by atoms with van der Waals surface area (Å²) >= 11 is 0. The maximum atomic E-state index is 12.4. The van der Waals surface area contributed by atoms with Gasteiger partial charge in [0, 0.05) is 17.8 Å². The number of rotatable bonds is 8. The number of nitrogens with zero attached hydrogens (tertiary/aromatic N) is 3. The zero-order valence-corrected chi connectivity index (χ0v) is 16.6. The van der Waals surface area contributed by atoms with Crippen molar-refractivity contribution in [3.8, 4) is 22.8 Å². The molecule has 0 saturated heterocycles. The number of benzene rings is 1. The van der Waals surface area contributed by atoms with Gasteiger partial charge in [-0.3, -0.25) is 20.2 Å². The molecule has 0 fully saturated rings. The number of carbonyl (C=O) groups excluding carboxylic acids is 1. The number of nitrogens with one attached hydrogen (secondary N) is 2. The second-order valence-electron chi connectivity index (χ2n) is 6.17. The molecule has 0 bridgehead atoms. The molecule has 0 saturated carbocycles. The van der Waals surface area contributed by atoms with Crippen LogP contribution < -0.4 is 20.3 Å². The van der Waals surface area contributed by atoms with Crippen molar-refractivity contribution in [3.05, 3.63) is 65.9 Å². The van der Waals surface area contributed by atoms with Crippen LogP contribution in [0.15, 0.2) is 48.9 Å². The number of pyridine rings is 1. The average molecular weight is 393 g/mol. The first-order valence-corrected chi connectivity index (χ1v) is 9.18. The van der Waals surface area contributed by atoms with E-state index >= 15 is 0 Å². The van der Waals surface area contributed by atoms with E-state index < -0.39 is 0 Å². The summed E-state index contributed by atoms with van der Waals surface area (Å²) in [5, 5.41) is 0. The second-order valence-corrected chi connectivity index (χ2v) is 6.17. The number of hydrogen-bond acceptors (Lipinski definition) is 7. The molecular weight excluding hydrogens is 370 g/mol. The Bertz CT molecular complexity index is 976. The highest BCUT2D eigenvalue weighted by Gasteiger charge is 2.10. The molecule has 29 heavy (non-hydrogen) atoms. The summed E-state index contributed by atoms with van der Waals surface area (Å²) in [5.74, 6) is 1.07. The molecule has 150 valence electrons. The Kier molecular flexibility index (Phi) is 6.70. The first-order chi connectivity index (χ1) is 14.1. The Balaban J connectivity index is 1.63. The van der Waals surface area contributed by atoms with E-state index in [-0.39, 0.29) is 11.6 Å². The molecule has 2 aromatic heterocycles. The molecule has 3 aromatic rings. The van der Waals surface area contributed by atoms with Crippen LogP contribution in [0.1, 0.15) is 28.7 Å². The molecule has 0 spiro atoms. The summed E-state index contributed by atoms with van der Waals surface area (Å²) in [5.41, 5.74) is 8.96. The van der Waals surface area contributed by atoms with Gasteiger partial charge in [0.15, 0.2) is 0 Å². The van der Waals surface area contributed by atoms with Gasteiger partial charge in [0.2, 0.25) is 0 Å². The number of hydrogen-bond donors (Lipinski definition) is 2. The minimum absolute atomic E-state index is 0.212. The normalized spacial score (nSPS) is 10.4. The molecule has 0 atom stereocenters. The van der Waals surface area contributed by atoms with Gasteiger partial charge in [0.1, 0.15) is 17.2 Å². The third-order valence-electron chi connectivity index (χ3n) is 4.21. The van der Waals surface area contributed by atoms with Crippen molar-refractivity contribution < 1.29 is 14.3 Å². The fourth-order valence-corrected chi connectivity index (χ4v) is 2.63. The summed E-state index contributed by atoms with van der Waals surface area (Å²) in [6.07, 6.45) is 4.69. The molecule has 0 radical (unpaired) electrons. The van der Waals surface area contributed by atoms with Gasteiger partial charge < -0.3 is 9.47 Å². The molecule has 3 rings (SSSR count). The molecule has 1 aromatic carbocycles. The average Bonchev–Trinajstić information content (AvgIpc) is 2.76. The van der Waals surface area contributed by atoms with Crippen LogP contribution in [0, 0.1) is 6.92 Å². The lowest BCUT2D eigenvalue weighted by atomic mass is 10.1. The van der Waals surface area contributed by atoms with Gasteiger partial charge in [-0.1, -0.05) is 0 Å². The van der Waals surface area contributed by atoms with Crippen molar-refractivity contribution in [1.29, 1.82) is 0 Å². The van der Waals surface area contributed by atoms with E-state index in [9.17, 15) is 4.79 Å². The maximum absolute atomic E-state index is 12.4. The lowest BCUT2D eigenvalue weighted by Gasteiger charge is -2.10. The van der Waals surface area contributed by atoms with Crippen molar-refractivity contribution in [2.45, 2.75) is 20.4 Å². The lowest BCUT2D eigenvalue weighted by Crippen LogP contribution is -2.37. The van der Waals surface area contributed by atoms with Crippen LogP contribution in [0.5, 0.6) is 11.5 Å². The number of amides is 1. The van der Waals surface area contributed by atoms with E-state index in [4.69, 9.17) is 9.47 Å². The van der Waals surface area contributed by atoms with E-state index in [0.717, 1.165) is 22.6 Å².